The molecule has 0 aliphatic carbocycles. The second-order valence-corrected chi connectivity index (χ2v) is 11.4. The van der Waals surface area contributed by atoms with Gasteiger partial charge in [-0.2, -0.15) is 0 Å². The Kier molecular flexibility index (Phi) is 6.45. The van der Waals surface area contributed by atoms with Gasteiger partial charge in [-0.3, -0.25) is 23.7 Å². The molecule has 3 heterocycles. The summed E-state index contributed by atoms with van der Waals surface area (Å²) in [6, 6.07) is 14.8. The molecule has 7 nitrogen and oxygen atoms in total. The van der Waals surface area contributed by atoms with E-state index in [1.165, 1.54) is 21.2 Å². The van der Waals surface area contributed by atoms with Crippen molar-refractivity contribution in [3.05, 3.63) is 78.7 Å². The van der Waals surface area contributed by atoms with Crippen LogP contribution in [0.5, 0.6) is 0 Å². The van der Waals surface area contributed by atoms with Gasteiger partial charge in [0.25, 0.3) is 0 Å². The van der Waals surface area contributed by atoms with Crippen molar-refractivity contribution in [1.82, 2.24) is 4.57 Å². The summed E-state index contributed by atoms with van der Waals surface area (Å²) in [7, 11) is 0. The maximum atomic E-state index is 13.8. The third kappa shape index (κ3) is 4.17. The molecule has 3 aromatic rings. The van der Waals surface area contributed by atoms with Crippen LogP contribution in [0.1, 0.15) is 28.8 Å². The van der Waals surface area contributed by atoms with E-state index in [0.717, 1.165) is 26.9 Å². The number of hydrogen-bond donors (Lipinski definition) is 0. The number of carbonyl (C=O) groups excluding carboxylic acids is 3. The molecule has 10 heteroatoms. The smallest absolute Gasteiger partial charge is 0.326 e. The predicted molar refractivity (Wildman–Crippen MR) is 138 cm³/mol. The van der Waals surface area contributed by atoms with E-state index in [2.05, 4.69) is 15.9 Å². The molecule has 0 radical (unpaired) electrons. The van der Waals surface area contributed by atoms with Crippen LogP contribution in [-0.2, 0) is 25.7 Å². The molecule has 1 aromatic heterocycles. The monoisotopic (exact) mass is 572 g/mol. The maximum absolute atomic E-state index is 13.8. The molecule has 2 amide bonds. The Morgan fingerprint density at radius 2 is 1.83 bits per heavy atom. The van der Waals surface area contributed by atoms with Gasteiger partial charge >= 0.3 is 10.8 Å². The van der Waals surface area contributed by atoms with E-state index in [1.54, 1.807) is 19.1 Å². The molecule has 3 unspecified atom stereocenters. The Bertz CT molecular complexity index is 1400. The molecule has 0 bridgehead atoms. The molecule has 2 aliphatic rings. The highest BCUT2D eigenvalue weighted by atomic mass is 79.9. The van der Waals surface area contributed by atoms with E-state index in [4.69, 9.17) is 4.74 Å². The average molecular weight is 573 g/mol. The van der Waals surface area contributed by atoms with Crippen molar-refractivity contribution in [3.8, 4) is 0 Å². The Balaban J connectivity index is 1.65. The van der Waals surface area contributed by atoms with E-state index < -0.39 is 23.1 Å². The topological polar surface area (TPSA) is 85.7 Å². The molecular formula is C25H21BrN2O5S2. The fourth-order valence-electron chi connectivity index (χ4n) is 4.60. The van der Waals surface area contributed by atoms with Gasteiger partial charge in [0.05, 0.1) is 23.2 Å². The summed E-state index contributed by atoms with van der Waals surface area (Å²) in [5.74, 6) is -2.30. The Morgan fingerprint density at radius 3 is 2.51 bits per heavy atom. The molecule has 0 spiro atoms. The minimum atomic E-state index is -0.720. The quantitative estimate of drug-likeness (QED) is 0.334. The minimum Gasteiger partial charge on any atom is -0.465 e. The molecule has 1 saturated heterocycles. The Labute approximate surface area is 218 Å². The first kappa shape index (κ1) is 24.0. The van der Waals surface area contributed by atoms with Crippen molar-refractivity contribution >= 4 is 62.5 Å². The number of rotatable bonds is 5. The molecular weight excluding hydrogens is 552 g/mol. The lowest BCUT2D eigenvalue weighted by Crippen LogP contribution is -2.32. The third-order valence-electron chi connectivity index (χ3n) is 6.14. The molecule has 0 N–H and O–H groups in total. The van der Waals surface area contributed by atoms with Crippen molar-refractivity contribution in [2.45, 2.75) is 36.6 Å². The maximum Gasteiger partial charge on any atom is 0.326 e. The number of thioether (sulfide) groups is 1. The highest BCUT2D eigenvalue weighted by Gasteiger charge is 2.56. The molecule has 180 valence electrons. The van der Waals surface area contributed by atoms with Crippen molar-refractivity contribution in [1.29, 1.82) is 0 Å². The van der Waals surface area contributed by atoms with Crippen LogP contribution in [-0.4, -0.2) is 34.2 Å². The second kappa shape index (κ2) is 9.40. The fraction of sp³-hybridized carbons (Fsp3) is 0.280. The largest absolute Gasteiger partial charge is 0.465 e. The fourth-order valence-corrected chi connectivity index (χ4v) is 7.79. The molecule has 1 fully saturated rings. The van der Waals surface area contributed by atoms with E-state index in [9.17, 15) is 19.2 Å². The zero-order valence-corrected chi connectivity index (χ0v) is 22.1. The Morgan fingerprint density at radius 1 is 1.09 bits per heavy atom. The lowest BCUT2D eigenvalue weighted by Gasteiger charge is -2.30. The number of fused-ring (bicyclic) bond motifs is 2. The second-order valence-electron chi connectivity index (χ2n) is 8.37. The number of amides is 2. The number of carbonyl (C=O) groups is 3. The van der Waals surface area contributed by atoms with E-state index >= 15 is 0 Å². The van der Waals surface area contributed by atoms with Gasteiger partial charge in [-0.05, 0) is 43.7 Å². The van der Waals surface area contributed by atoms with Crippen LogP contribution in [0.4, 0.5) is 5.69 Å². The standard InChI is InChI=1S/C25H21BrN2O5S2/c1-3-33-17(29)12-27-24-21(35-25(27)32)18(14-5-4-6-15(26)11-14)19-20(34-24)23(31)28(22(19)30)16-9-7-13(2)8-10-16/h4-11,18-20H,3,12H2,1-2H3. The van der Waals surface area contributed by atoms with Gasteiger partial charge in [-0.15, -0.1) is 0 Å². The van der Waals surface area contributed by atoms with Crippen LogP contribution in [0.25, 0.3) is 0 Å². The average Bonchev–Trinajstić information content (AvgIpc) is 3.26. The molecule has 2 aliphatic heterocycles. The summed E-state index contributed by atoms with van der Waals surface area (Å²) in [5, 5.41) is -0.172. The molecule has 35 heavy (non-hydrogen) atoms. The highest BCUT2D eigenvalue weighted by molar-refractivity contribution is 9.10. The number of nitrogens with zero attached hydrogens (tertiary/aromatic N) is 2. The molecule has 3 atom stereocenters. The SMILES string of the molecule is CCOC(=O)Cn1c2c(sc1=O)C(c1cccc(Br)c1)C1C(=O)N(c3ccc(C)cc3)C(=O)C1S2. The summed E-state index contributed by atoms with van der Waals surface area (Å²) in [6.45, 7) is 3.61. The van der Waals surface area contributed by atoms with Gasteiger partial charge in [-0.25, -0.2) is 4.90 Å². The number of esters is 1. The number of thiazole rings is 1. The third-order valence-corrected chi connectivity index (χ3v) is 9.24. The van der Waals surface area contributed by atoms with E-state index in [1.807, 2.05) is 43.3 Å². The number of anilines is 1. The summed E-state index contributed by atoms with van der Waals surface area (Å²) in [6.07, 6.45) is 0. The number of aryl methyl sites for hydroxylation is 1. The van der Waals surface area contributed by atoms with Gasteiger partial charge in [0.1, 0.15) is 11.8 Å². The van der Waals surface area contributed by atoms with Crippen LogP contribution in [0.15, 0.2) is 62.8 Å². The van der Waals surface area contributed by atoms with E-state index in [0.29, 0.717) is 15.6 Å². The summed E-state index contributed by atoms with van der Waals surface area (Å²) in [5.41, 5.74) is 2.38. The lowest BCUT2D eigenvalue weighted by atomic mass is 9.83. The van der Waals surface area contributed by atoms with Gasteiger partial charge in [0, 0.05) is 15.3 Å². The summed E-state index contributed by atoms with van der Waals surface area (Å²) < 4.78 is 7.26. The first-order valence-electron chi connectivity index (χ1n) is 11.1. The Hall–Kier alpha value is -2.69. The zero-order valence-electron chi connectivity index (χ0n) is 18.9. The number of ether oxygens (including phenoxy) is 1. The minimum absolute atomic E-state index is 0.205. The number of imide groups is 1. The molecule has 5 rings (SSSR count). The lowest BCUT2D eigenvalue weighted by molar-refractivity contribution is -0.144. The molecule has 0 saturated carbocycles. The van der Waals surface area contributed by atoms with Crippen LogP contribution >= 0.6 is 39.0 Å². The van der Waals surface area contributed by atoms with Crippen LogP contribution in [0.3, 0.4) is 0 Å². The van der Waals surface area contributed by atoms with E-state index in [-0.39, 0.29) is 29.8 Å². The van der Waals surface area contributed by atoms with Crippen molar-refractivity contribution in [2.24, 2.45) is 5.92 Å². The number of aromatic nitrogens is 1. The summed E-state index contributed by atoms with van der Waals surface area (Å²) >= 11 is 5.71. The first-order valence-corrected chi connectivity index (χ1v) is 13.5. The normalized spacial score (nSPS) is 21.1. The van der Waals surface area contributed by atoms with Gasteiger partial charge in [0.2, 0.25) is 11.8 Å². The first-order chi connectivity index (χ1) is 16.8. The van der Waals surface area contributed by atoms with Crippen LogP contribution in [0, 0.1) is 12.8 Å². The van der Waals surface area contributed by atoms with Gasteiger partial charge in [0.15, 0.2) is 0 Å². The van der Waals surface area contributed by atoms with Gasteiger partial charge < -0.3 is 4.74 Å². The van der Waals surface area contributed by atoms with Gasteiger partial charge in [-0.1, -0.05) is 68.9 Å². The highest BCUT2D eigenvalue weighted by Crippen LogP contribution is 2.54. The molecule has 2 aromatic carbocycles. The number of halogens is 1. The van der Waals surface area contributed by atoms with Crippen molar-refractivity contribution < 1.29 is 19.1 Å². The van der Waals surface area contributed by atoms with Crippen LogP contribution < -0.4 is 9.77 Å². The number of benzene rings is 2. The summed E-state index contributed by atoms with van der Waals surface area (Å²) in [4.78, 5) is 54.3. The number of hydrogen-bond acceptors (Lipinski definition) is 7. The van der Waals surface area contributed by atoms with Crippen LogP contribution in [0.2, 0.25) is 0 Å². The predicted octanol–water partition coefficient (Wildman–Crippen LogP) is 4.34. The van der Waals surface area contributed by atoms with Crippen molar-refractivity contribution in [2.75, 3.05) is 11.5 Å². The zero-order chi connectivity index (χ0) is 24.9. The van der Waals surface area contributed by atoms with Crippen molar-refractivity contribution in [3.63, 3.8) is 0 Å².